The van der Waals surface area contributed by atoms with E-state index in [4.69, 9.17) is 16.3 Å². The molecule has 146 valence electrons. The van der Waals surface area contributed by atoms with Gasteiger partial charge in [-0.3, -0.25) is 14.7 Å². The van der Waals surface area contributed by atoms with Crippen LogP contribution in [-0.2, 0) is 0 Å². The van der Waals surface area contributed by atoms with Gasteiger partial charge in [-0.25, -0.2) is 4.39 Å². The number of nitrogens with zero attached hydrogens (tertiary/aromatic N) is 4. The van der Waals surface area contributed by atoms with Crippen LogP contribution < -0.4 is 4.74 Å². The predicted octanol–water partition coefficient (Wildman–Crippen LogP) is 4.49. The molecule has 0 aliphatic rings. The summed E-state index contributed by atoms with van der Waals surface area (Å²) in [6.45, 7) is 1.43. The lowest BCUT2D eigenvalue weighted by Crippen LogP contribution is -2.11. The Hall–Kier alpha value is -2.65. The highest BCUT2D eigenvalue weighted by Crippen LogP contribution is 2.38. The molecule has 28 heavy (non-hydrogen) atoms. The van der Waals surface area contributed by atoms with E-state index in [0.29, 0.717) is 33.0 Å². The Kier molecular flexibility index (Phi) is 6.15. The molecule has 3 rings (SSSR count). The molecule has 0 unspecified atom stereocenters. The molecule has 7 nitrogen and oxygen atoms in total. The summed E-state index contributed by atoms with van der Waals surface area (Å²) < 4.78 is 20.1. The monoisotopic (exact) mass is 422 g/mol. The molecule has 1 aromatic heterocycles. The number of methoxy groups -OCH3 is 1. The van der Waals surface area contributed by atoms with Gasteiger partial charge in [-0.05, 0) is 48.9 Å². The summed E-state index contributed by atoms with van der Waals surface area (Å²) in [4.78, 5) is 10.8. The van der Waals surface area contributed by atoms with E-state index in [-0.39, 0.29) is 17.3 Å². The van der Waals surface area contributed by atoms with Gasteiger partial charge in [0.15, 0.2) is 5.16 Å². The first kappa shape index (κ1) is 20.1. The van der Waals surface area contributed by atoms with Crippen molar-refractivity contribution >= 4 is 23.4 Å². The van der Waals surface area contributed by atoms with Crippen molar-refractivity contribution in [2.45, 2.75) is 17.3 Å². The molecular weight excluding hydrogens is 407 g/mol. The highest BCUT2D eigenvalue weighted by Gasteiger charge is 2.24. The van der Waals surface area contributed by atoms with Crippen LogP contribution in [0.5, 0.6) is 5.75 Å². The first-order valence-corrected chi connectivity index (χ1v) is 9.44. The number of thioether (sulfide) groups is 1. The second kappa shape index (κ2) is 8.57. The third kappa shape index (κ3) is 4.42. The molecule has 0 N–H and O–H groups in total. The Morgan fingerprint density at radius 3 is 2.61 bits per heavy atom. The number of aromatic nitrogens is 3. The van der Waals surface area contributed by atoms with Gasteiger partial charge < -0.3 is 4.74 Å². The van der Waals surface area contributed by atoms with Crippen LogP contribution in [0.3, 0.4) is 0 Å². The second-order valence-corrected chi connectivity index (χ2v) is 7.43. The fourth-order valence-electron chi connectivity index (χ4n) is 2.66. The minimum atomic E-state index is -0.554. The van der Waals surface area contributed by atoms with E-state index in [9.17, 15) is 14.5 Å². The fraction of sp³-hybridized carbons (Fsp3) is 0.222. The molecule has 3 aromatic rings. The molecule has 0 fully saturated rings. The topological polar surface area (TPSA) is 83.1 Å². The predicted molar refractivity (Wildman–Crippen MR) is 105 cm³/mol. The standard InChI is InChI=1S/C18H16ClFN4O3S/c1-11-21-22-18(24(11)14-6-4-13(20)5-7-14)28-17(10-23(25)26)12-3-8-16(27-2)15(19)9-12/h3-9,17H,10H2,1-2H3/t17-/m1/s1. The third-order valence-electron chi connectivity index (χ3n) is 3.99. The zero-order valence-corrected chi connectivity index (χ0v) is 16.6. The van der Waals surface area contributed by atoms with Gasteiger partial charge in [0.05, 0.1) is 12.1 Å². The van der Waals surface area contributed by atoms with Crippen LogP contribution in [0.15, 0.2) is 47.6 Å². The first-order chi connectivity index (χ1) is 13.4. The lowest BCUT2D eigenvalue weighted by Gasteiger charge is -2.15. The molecular formula is C18H16ClFN4O3S. The molecule has 0 saturated carbocycles. The molecule has 0 saturated heterocycles. The van der Waals surface area contributed by atoms with E-state index >= 15 is 0 Å². The smallest absolute Gasteiger partial charge is 0.220 e. The number of rotatable bonds is 7. The van der Waals surface area contributed by atoms with Crippen molar-refractivity contribution in [1.29, 1.82) is 0 Å². The van der Waals surface area contributed by atoms with Crippen LogP contribution in [0.4, 0.5) is 4.39 Å². The average Bonchev–Trinajstić information content (AvgIpc) is 3.02. The van der Waals surface area contributed by atoms with Gasteiger partial charge in [0.25, 0.3) is 0 Å². The van der Waals surface area contributed by atoms with Crippen molar-refractivity contribution in [3.05, 3.63) is 74.8 Å². The molecule has 0 spiro atoms. The minimum Gasteiger partial charge on any atom is -0.495 e. The molecule has 1 atom stereocenters. The largest absolute Gasteiger partial charge is 0.495 e. The van der Waals surface area contributed by atoms with E-state index in [1.54, 1.807) is 41.8 Å². The Bertz CT molecular complexity index is 997. The lowest BCUT2D eigenvalue weighted by atomic mass is 10.1. The molecule has 0 aliphatic heterocycles. The van der Waals surface area contributed by atoms with Crippen molar-refractivity contribution in [2.75, 3.05) is 13.7 Å². The fourth-order valence-corrected chi connectivity index (χ4v) is 4.09. The van der Waals surface area contributed by atoms with E-state index in [1.165, 1.54) is 31.0 Å². The molecule has 0 aliphatic carbocycles. The maximum Gasteiger partial charge on any atom is 0.220 e. The van der Waals surface area contributed by atoms with Gasteiger partial charge in [0, 0.05) is 10.6 Å². The zero-order valence-electron chi connectivity index (χ0n) is 15.0. The quantitative estimate of drug-likeness (QED) is 0.317. The number of hydrogen-bond donors (Lipinski definition) is 0. The van der Waals surface area contributed by atoms with Crippen molar-refractivity contribution < 1.29 is 14.1 Å². The molecule has 0 radical (unpaired) electrons. The maximum absolute atomic E-state index is 13.3. The van der Waals surface area contributed by atoms with Gasteiger partial charge >= 0.3 is 0 Å². The van der Waals surface area contributed by atoms with Crippen LogP contribution >= 0.6 is 23.4 Å². The van der Waals surface area contributed by atoms with Gasteiger partial charge in [0.1, 0.15) is 22.6 Å². The summed E-state index contributed by atoms with van der Waals surface area (Å²) in [6, 6.07) is 10.9. The first-order valence-electron chi connectivity index (χ1n) is 8.19. The van der Waals surface area contributed by atoms with Crippen molar-refractivity contribution in [2.24, 2.45) is 0 Å². The molecule has 0 bridgehead atoms. The van der Waals surface area contributed by atoms with Gasteiger partial charge in [-0.1, -0.05) is 29.4 Å². The second-order valence-electron chi connectivity index (χ2n) is 5.86. The number of aryl methyl sites for hydroxylation is 1. The number of nitro groups is 1. The summed E-state index contributed by atoms with van der Waals surface area (Å²) in [5.41, 5.74) is 1.33. The molecule has 10 heteroatoms. The van der Waals surface area contributed by atoms with Crippen molar-refractivity contribution in [3.8, 4) is 11.4 Å². The van der Waals surface area contributed by atoms with Gasteiger partial charge in [-0.15, -0.1) is 10.2 Å². The molecule has 1 heterocycles. The normalized spacial score (nSPS) is 12.0. The third-order valence-corrected chi connectivity index (χ3v) is 5.47. The number of benzene rings is 2. The van der Waals surface area contributed by atoms with E-state index in [2.05, 4.69) is 10.2 Å². The zero-order chi connectivity index (χ0) is 20.3. The van der Waals surface area contributed by atoms with Crippen molar-refractivity contribution in [3.63, 3.8) is 0 Å². The summed E-state index contributed by atoms with van der Waals surface area (Å²) in [7, 11) is 1.50. The highest BCUT2D eigenvalue weighted by molar-refractivity contribution is 7.99. The van der Waals surface area contributed by atoms with Crippen LogP contribution in [0.2, 0.25) is 5.02 Å². The van der Waals surface area contributed by atoms with E-state index < -0.39 is 5.25 Å². The van der Waals surface area contributed by atoms with Crippen LogP contribution in [0.25, 0.3) is 5.69 Å². The van der Waals surface area contributed by atoms with Crippen LogP contribution in [0.1, 0.15) is 16.6 Å². The molecule has 0 amide bonds. The number of ether oxygens (including phenoxy) is 1. The Labute approximate surface area is 169 Å². The van der Waals surface area contributed by atoms with Crippen LogP contribution in [0, 0.1) is 22.9 Å². The van der Waals surface area contributed by atoms with Gasteiger partial charge in [-0.2, -0.15) is 0 Å². The Balaban J connectivity index is 1.97. The Morgan fingerprint density at radius 1 is 1.29 bits per heavy atom. The number of halogens is 2. The van der Waals surface area contributed by atoms with E-state index in [1.807, 2.05) is 0 Å². The summed E-state index contributed by atoms with van der Waals surface area (Å²) >= 11 is 7.38. The lowest BCUT2D eigenvalue weighted by molar-refractivity contribution is -0.479. The number of hydrogen-bond acceptors (Lipinski definition) is 6. The Morgan fingerprint density at radius 2 is 2.00 bits per heavy atom. The SMILES string of the molecule is COc1ccc([C@@H](C[N+](=O)[O-])Sc2nnc(C)n2-c2ccc(F)cc2)cc1Cl. The highest BCUT2D eigenvalue weighted by atomic mass is 35.5. The summed E-state index contributed by atoms with van der Waals surface area (Å²) in [5.74, 6) is 0.713. The van der Waals surface area contributed by atoms with Crippen molar-refractivity contribution in [1.82, 2.24) is 14.8 Å². The minimum absolute atomic E-state index is 0.331. The summed E-state index contributed by atoms with van der Waals surface area (Å²) in [5, 5.41) is 19.7. The molecule has 2 aromatic carbocycles. The maximum atomic E-state index is 13.3. The summed E-state index contributed by atoms with van der Waals surface area (Å²) in [6.07, 6.45) is 0. The average molecular weight is 423 g/mol. The van der Waals surface area contributed by atoms with E-state index in [0.717, 1.165) is 0 Å². The van der Waals surface area contributed by atoms with Crippen LogP contribution in [-0.4, -0.2) is 33.3 Å². The van der Waals surface area contributed by atoms with Gasteiger partial charge in [0.2, 0.25) is 6.54 Å².